The largest absolute Gasteiger partial charge is 0.490 e. The second kappa shape index (κ2) is 10.0. The molecular formula is C19H27NO6. The number of amides is 1. The van der Waals surface area contributed by atoms with Crippen LogP contribution in [0.3, 0.4) is 0 Å². The molecule has 1 aromatic rings. The van der Waals surface area contributed by atoms with Crippen LogP contribution in [0.1, 0.15) is 32.6 Å². The van der Waals surface area contributed by atoms with Gasteiger partial charge in [0.1, 0.15) is 0 Å². The summed E-state index contributed by atoms with van der Waals surface area (Å²) in [7, 11) is 1.58. The van der Waals surface area contributed by atoms with E-state index in [1.54, 1.807) is 12.0 Å². The van der Waals surface area contributed by atoms with Crippen LogP contribution in [-0.2, 0) is 14.3 Å². The number of carboxylic acids is 1. The van der Waals surface area contributed by atoms with Crippen molar-refractivity contribution in [2.45, 2.75) is 44.8 Å². The number of likely N-dealkylation sites (tertiary alicyclic amines) is 1. The molecule has 7 nitrogen and oxygen atoms in total. The van der Waals surface area contributed by atoms with Gasteiger partial charge in [0.25, 0.3) is 0 Å². The lowest BCUT2D eigenvalue weighted by Crippen LogP contribution is -2.37. The number of methoxy groups -OCH3 is 1. The fourth-order valence-electron chi connectivity index (χ4n) is 3.14. The topological polar surface area (TPSA) is 85.3 Å². The number of para-hydroxylation sites is 2. The van der Waals surface area contributed by atoms with Gasteiger partial charge in [-0.3, -0.25) is 9.59 Å². The molecule has 1 aliphatic rings. The van der Waals surface area contributed by atoms with Crippen LogP contribution < -0.4 is 9.47 Å². The van der Waals surface area contributed by atoms with E-state index in [1.165, 1.54) is 0 Å². The van der Waals surface area contributed by atoms with Crippen molar-refractivity contribution in [1.82, 2.24) is 4.90 Å². The van der Waals surface area contributed by atoms with E-state index in [9.17, 15) is 9.59 Å². The van der Waals surface area contributed by atoms with Crippen LogP contribution in [0.2, 0.25) is 0 Å². The molecule has 0 saturated carbocycles. The van der Waals surface area contributed by atoms with Crippen molar-refractivity contribution in [1.29, 1.82) is 0 Å². The molecule has 0 radical (unpaired) electrons. The van der Waals surface area contributed by atoms with Crippen molar-refractivity contribution in [2.75, 3.05) is 26.9 Å². The molecule has 0 aliphatic carbocycles. The number of hydrogen-bond acceptors (Lipinski definition) is 5. The SMILES string of the molecule is CCOc1ccccc1OCCCC(=O)N1CC(OC)CC1CC(=O)O. The molecule has 1 aliphatic heterocycles. The third kappa shape index (κ3) is 5.62. The molecule has 144 valence electrons. The maximum Gasteiger partial charge on any atom is 0.305 e. The Labute approximate surface area is 153 Å². The minimum atomic E-state index is -0.902. The predicted octanol–water partition coefficient (Wildman–Crippen LogP) is 2.33. The Morgan fingerprint density at radius 3 is 2.54 bits per heavy atom. The van der Waals surface area contributed by atoms with Gasteiger partial charge in [-0.1, -0.05) is 12.1 Å². The van der Waals surface area contributed by atoms with E-state index in [4.69, 9.17) is 19.3 Å². The number of benzene rings is 1. The molecule has 0 spiro atoms. The van der Waals surface area contributed by atoms with Gasteiger partial charge in [-0.05, 0) is 31.9 Å². The Bertz CT molecular complexity index is 605. The Morgan fingerprint density at radius 1 is 1.23 bits per heavy atom. The molecule has 2 rings (SSSR count). The molecule has 1 saturated heterocycles. The van der Waals surface area contributed by atoms with Gasteiger partial charge in [0.2, 0.25) is 5.91 Å². The molecule has 1 N–H and O–H groups in total. The van der Waals surface area contributed by atoms with Crippen LogP contribution in [0.15, 0.2) is 24.3 Å². The molecule has 1 heterocycles. The standard InChI is InChI=1S/C19H27NO6/c1-3-25-16-7-4-5-8-17(16)26-10-6-9-18(21)20-13-15(24-2)11-14(20)12-19(22)23/h4-5,7-8,14-15H,3,6,9-13H2,1-2H3,(H,22,23). The van der Waals surface area contributed by atoms with Crippen molar-refractivity contribution in [2.24, 2.45) is 0 Å². The number of rotatable bonds is 10. The monoisotopic (exact) mass is 365 g/mol. The van der Waals surface area contributed by atoms with Crippen molar-refractivity contribution in [3.05, 3.63) is 24.3 Å². The first kappa shape index (κ1) is 20.0. The minimum Gasteiger partial charge on any atom is -0.490 e. The minimum absolute atomic E-state index is 0.0518. The fourth-order valence-corrected chi connectivity index (χ4v) is 3.14. The Hall–Kier alpha value is -2.28. The smallest absolute Gasteiger partial charge is 0.305 e. The molecule has 26 heavy (non-hydrogen) atoms. The Morgan fingerprint density at radius 2 is 1.92 bits per heavy atom. The van der Waals surface area contributed by atoms with Crippen LogP contribution >= 0.6 is 0 Å². The van der Waals surface area contributed by atoms with Gasteiger partial charge < -0.3 is 24.2 Å². The maximum absolute atomic E-state index is 12.5. The quantitative estimate of drug-likeness (QED) is 0.641. The van der Waals surface area contributed by atoms with Crippen LogP contribution in [0, 0.1) is 0 Å². The van der Waals surface area contributed by atoms with E-state index in [0.717, 1.165) is 0 Å². The third-order valence-corrected chi connectivity index (χ3v) is 4.38. The summed E-state index contributed by atoms with van der Waals surface area (Å²) in [6.45, 7) is 3.30. The summed E-state index contributed by atoms with van der Waals surface area (Å²) in [6.07, 6.45) is 1.27. The van der Waals surface area contributed by atoms with Crippen molar-refractivity contribution >= 4 is 11.9 Å². The predicted molar refractivity (Wildman–Crippen MR) is 95.5 cm³/mol. The zero-order valence-electron chi connectivity index (χ0n) is 15.3. The number of nitrogens with zero attached hydrogens (tertiary/aromatic N) is 1. The number of aliphatic carboxylic acids is 1. The zero-order chi connectivity index (χ0) is 18.9. The average molecular weight is 365 g/mol. The molecular weight excluding hydrogens is 338 g/mol. The summed E-state index contributed by atoms with van der Waals surface area (Å²) in [6, 6.07) is 7.12. The van der Waals surface area contributed by atoms with Crippen molar-refractivity contribution in [3.63, 3.8) is 0 Å². The van der Waals surface area contributed by atoms with Crippen molar-refractivity contribution in [3.8, 4) is 11.5 Å². The number of carbonyl (C=O) groups is 2. The lowest BCUT2D eigenvalue weighted by atomic mass is 10.1. The summed E-state index contributed by atoms with van der Waals surface area (Å²) >= 11 is 0. The average Bonchev–Trinajstić information content (AvgIpc) is 3.02. The summed E-state index contributed by atoms with van der Waals surface area (Å²) in [5.74, 6) is 0.384. The highest BCUT2D eigenvalue weighted by Crippen LogP contribution is 2.27. The molecule has 1 amide bonds. The van der Waals surface area contributed by atoms with Gasteiger partial charge in [-0.2, -0.15) is 0 Å². The fraction of sp³-hybridized carbons (Fsp3) is 0.579. The Kier molecular flexibility index (Phi) is 7.72. The molecule has 1 fully saturated rings. The molecule has 2 atom stereocenters. The van der Waals surface area contributed by atoms with Crippen LogP contribution in [0.5, 0.6) is 11.5 Å². The van der Waals surface area contributed by atoms with Crippen molar-refractivity contribution < 1.29 is 28.9 Å². The van der Waals surface area contributed by atoms with E-state index < -0.39 is 5.97 Å². The highest BCUT2D eigenvalue weighted by molar-refractivity contribution is 5.78. The normalized spacial score (nSPS) is 19.4. The molecule has 7 heteroatoms. The summed E-state index contributed by atoms with van der Waals surface area (Å²) in [5, 5.41) is 9.03. The van der Waals surface area contributed by atoms with E-state index in [-0.39, 0.29) is 24.5 Å². The van der Waals surface area contributed by atoms with E-state index >= 15 is 0 Å². The van der Waals surface area contributed by atoms with Crippen LogP contribution in [0.4, 0.5) is 0 Å². The lowest BCUT2D eigenvalue weighted by Gasteiger charge is -2.23. The molecule has 2 unspecified atom stereocenters. The van der Waals surface area contributed by atoms with Crippen LogP contribution in [0.25, 0.3) is 0 Å². The van der Waals surface area contributed by atoms with Gasteiger partial charge in [0.15, 0.2) is 11.5 Å². The van der Waals surface area contributed by atoms with Gasteiger partial charge in [-0.15, -0.1) is 0 Å². The van der Waals surface area contributed by atoms with Crippen LogP contribution in [-0.4, -0.2) is 60.9 Å². The number of carbonyl (C=O) groups excluding carboxylic acids is 1. The first-order chi connectivity index (χ1) is 12.5. The number of carboxylic acid groups (broad SMARTS) is 1. The number of ether oxygens (including phenoxy) is 3. The Balaban J connectivity index is 1.81. The summed E-state index contributed by atoms with van der Waals surface area (Å²) < 4.78 is 16.5. The van der Waals surface area contributed by atoms with E-state index in [1.807, 2.05) is 31.2 Å². The zero-order valence-corrected chi connectivity index (χ0v) is 15.3. The summed E-state index contributed by atoms with van der Waals surface area (Å²) in [5.41, 5.74) is 0. The van der Waals surface area contributed by atoms with Gasteiger partial charge in [0.05, 0.1) is 25.7 Å². The van der Waals surface area contributed by atoms with Gasteiger partial charge in [-0.25, -0.2) is 0 Å². The second-order valence-electron chi connectivity index (χ2n) is 6.22. The van der Waals surface area contributed by atoms with Gasteiger partial charge >= 0.3 is 5.97 Å². The third-order valence-electron chi connectivity index (χ3n) is 4.38. The summed E-state index contributed by atoms with van der Waals surface area (Å²) in [4.78, 5) is 25.1. The molecule has 0 aromatic heterocycles. The molecule has 0 bridgehead atoms. The van der Waals surface area contributed by atoms with E-state index in [2.05, 4.69) is 0 Å². The highest BCUT2D eigenvalue weighted by Gasteiger charge is 2.36. The first-order valence-corrected chi connectivity index (χ1v) is 8.93. The first-order valence-electron chi connectivity index (χ1n) is 8.93. The highest BCUT2D eigenvalue weighted by atomic mass is 16.5. The second-order valence-corrected chi connectivity index (χ2v) is 6.22. The lowest BCUT2D eigenvalue weighted by molar-refractivity contribution is -0.140. The van der Waals surface area contributed by atoms with Gasteiger partial charge in [0, 0.05) is 26.1 Å². The maximum atomic E-state index is 12.5. The molecule has 1 aromatic carbocycles. The van der Waals surface area contributed by atoms with E-state index in [0.29, 0.717) is 50.5 Å². The number of hydrogen-bond donors (Lipinski definition) is 1.